The maximum Gasteiger partial charge on any atom is 0.265 e. The van der Waals surface area contributed by atoms with Crippen molar-refractivity contribution in [3.8, 4) is 11.5 Å². The van der Waals surface area contributed by atoms with Gasteiger partial charge in [-0.1, -0.05) is 24.3 Å². The molecule has 1 aromatic carbocycles. The maximum absolute atomic E-state index is 11.7. The fourth-order valence-corrected chi connectivity index (χ4v) is 2.02. The lowest BCUT2D eigenvalue weighted by Crippen LogP contribution is -2.32. The number of benzene rings is 1. The molecule has 1 aromatic rings. The molecule has 0 aromatic heterocycles. The number of allylic oxidation sites excluding steroid dienone is 3. The third-order valence-corrected chi connectivity index (χ3v) is 3.04. The fraction of sp³-hybridized carbons (Fsp3) is 0.133. The topological polar surface area (TPSA) is 84.6 Å². The highest BCUT2D eigenvalue weighted by Crippen LogP contribution is 2.32. The lowest BCUT2D eigenvalue weighted by Gasteiger charge is -2.13. The highest BCUT2D eigenvalue weighted by molar-refractivity contribution is 5.99. The Morgan fingerprint density at radius 2 is 2.30 bits per heavy atom. The van der Waals surface area contributed by atoms with Gasteiger partial charge in [0.1, 0.15) is 0 Å². The van der Waals surface area contributed by atoms with E-state index in [-0.39, 0.29) is 11.7 Å². The van der Waals surface area contributed by atoms with E-state index in [0.29, 0.717) is 23.3 Å². The number of hydrogen-bond acceptors (Lipinski definition) is 4. The summed E-state index contributed by atoms with van der Waals surface area (Å²) < 4.78 is 5.06. The van der Waals surface area contributed by atoms with E-state index in [2.05, 4.69) is 5.43 Å². The fourth-order valence-electron chi connectivity index (χ4n) is 2.02. The van der Waals surface area contributed by atoms with Crippen LogP contribution in [0, 0.1) is 0 Å². The SMILES string of the molecule is COc1cccc(C=C2CC=CC=C2C(=O)NN)c1O. The summed E-state index contributed by atoms with van der Waals surface area (Å²) in [5, 5.41) is 10.1. The van der Waals surface area contributed by atoms with Gasteiger partial charge in [0.2, 0.25) is 0 Å². The number of aromatic hydroxyl groups is 1. The van der Waals surface area contributed by atoms with Gasteiger partial charge >= 0.3 is 0 Å². The second-order valence-corrected chi connectivity index (χ2v) is 4.25. The summed E-state index contributed by atoms with van der Waals surface area (Å²) in [5.74, 6) is 5.25. The van der Waals surface area contributed by atoms with Crippen molar-refractivity contribution in [3.05, 3.63) is 53.1 Å². The van der Waals surface area contributed by atoms with Crippen molar-refractivity contribution < 1.29 is 14.6 Å². The highest BCUT2D eigenvalue weighted by Gasteiger charge is 2.15. The standard InChI is InChI=1S/C15H16N2O3/c1-20-13-8-4-6-11(14(13)18)9-10-5-2-3-7-12(10)15(19)17-16/h2-4,6-9,18H,5,16H2,1H3,(H,17,19). The average Bonchev–Trinajstić information content (AvgIpc) is 2.49. The predicted octanol–water partition coefficient (Wildman–Crippen LogP) is 1.66. The molecule has 1 aliphatic rings. The van der Waals surface area contributed by atoms with Gasteiger partial charge in [-0.2, -0.15) is 0 Å². The molecule has 1 aliphatic carbocycles. The van der Waals surface area contributed by atoms with E-state index in [1.807, 2.05) is 6.08 Å². The number of phenolic OH excluding ortho intramolecular Hbond substituents is 1. The van der Waals surface area contributed by atoms with Crippen molar-refractivity contribution in [2.45, 2.75) is 6.42 Å². The van der Waals surface area contributed by atoms with Gasteiger partial charge < -0.3 is 9.84 Å². The number of hydrazine groups is 1. The molecular weight excluding hydrogens is 256 g/mol. The molecule has 0 heterocycles. The Morgan fingerprint density at radius 3 is 3.00 bits per heavy atom. The van der Waals surface area contributed by atoms with Crippen LogP contribution in [0.25, 0.3) is 6.08 Å². The number of rotatable bonds is 3. The van der Waals surface area contributed by atoms with Crippen LogP contribution >= 0.6 is 0 Å². The van der Waals surface area contributed by atoms with Crippen LogP contribution < -0.4 is 16.0 Å². The van der Waals surface area contributed by atoms with Crippen LogP contribution in [0.3, 0.4) is 0 Å². The molecule has 0 aliphatic heterocycles. The first-order valence-corrected chi connectivity index (χ1v) is 6.12. The normalized spacial score (nSPS) is 15.9. The van der Waals surface area contributed by atoms with E-state index >= 15 is 0 Å². The van der Waals surface area contributed by atoms with Crippen molar-refractivity contribution in [2.75, 3.05) is 7.11 Å². The molecule has 0 spiro atoms. The van der Waals surface area contributed by atoms with E-state index in [4.69, 9.17) is 10.6 Å². The number of carbonyl (C=O) groups excluding carboxylic acids is 1. The van der Waals surface area contributed by atoms with Crippen molar-refractivity contribution in [1.29, 1.82) is 0 Å². The minimum Gasteiger partial charge on any atom is -0.504 e. The molecule has 2 rings (SSSR count). The second-order valence-electron chi connectivity index (χ2n) is 4.25. The Balaban J connectivity index is 2.42. The van der Waals surface area contributed by atoms with E-state index in [9.17, 15) is 9.90 Å². The van der Waals surface area contributed by atoms with Crippen molar-refractivity contribution in [2.24, 2.45) is 5.84 Å². The number of nitrogens with one attached hydrogen (secondary N) is 1. The molecule has 0 fully saturated rings. The van der Waals surface area contributed by atoms with Gasteiger partial charge in [-0.05, 0) is 30.2 Å². The first-order chi connectivity index (χ1) is 9.67. The van der Waals surface area contributed by atoms with E-state index in [1.54, 1.807) is 36.4 Å². The number of phenols is 1. The molecule has 0 saturated heterocycles. The number of hydrogen-bond donors (Lipinski definition) is 3. The van der Waals surface area contributed by atoms with Crippen molar-refractivity contribution >= 4 is 12.0 Å². The molecule has 1 amide bonds. The Labute approximate surface area is 117 Å². The quantitative estimate of drug-likeness (QED) is 0.444. The maximum atomic E-state index is 11.7. The van der Waals surface area contributed by atoms with Gasteiger partial charge in [-0.25, -0.2) is 5.84 Å². The second kappa shape index (κ2) is 6.08. The van der Waals surface area contributed by atoms with Gasteiger partial charge in [-0.15, -0.1) is 0 Å². The molecule has 0 atom stereocenters. The number of amides is 1. The zero-order valence-corrected chi connectivity index (χ0v) is 11.1. The summed E-state index contributed by atoms with van der Waals surface area (Å²) in [7, 11) is 1.49. The van der Waals surface area contributed by atoms with Crippen LogP contribution in [0.1, 0.15) is 12.0 Å². The van der Waals surface area contributed by atoms with E-state index < -0.39 is 0 Å². The minimum absolute atomic E-state index is 0.0459. The van der Waals surface area contributed by atoms with Crippen LogP contribution in [0.5, 0.6) is 11.5 Å². The lowest BCUT2D eigenvalue weighted by atomic mass is 9.95. The molecule has 5 nitrogen and oxygen atoms in total. The molecule has 0 saturated carbocycles. The first-order valence-electron chi connectivity index (χ1n) is 6.12. The van der Waals surface area contributed by atoms with Gasteiger partial charge in [0.05, 0.1) is 7.11 Å². The molecular formula is C15H16N2O3. The molecule has 5 heteroatoms. The van der Waals surface area contributed by atoms with Gasteiger partial charge in [0.25, 0.3) is 5.91 Å². The van der Waals surface area contributed by atoms with Crippen LogP contribution in [0.2, 0.25) is 0 Å². The third kappa shape index (κ3) is 2.73. The highest BCUT2D eigenvalue weighted by atomic mass is 16.5. The number of ether oxygens (including phenoxy) is 1. The van der Waals surface area contributed by atoms with Gasteiger partial charge in [-0.3, -0.25) is 10.2 Å². The largest absolute Gasteiger partial charge is 0.504 e. The molecule has 104 valence electrons. The Kier molecular flexibility index (Phi) is 4.22. The molecule has 0 radical (unpaired) electrons. The molecule has 4 N–H and O–H groups in total. The van der Waals surface area contributed by atoms with Crippen LogP contribution in [-0.4, -0.2) is 18.1 Å². The first kappa shape index (κ1) is 13.9. The summed E-state index contributed by atoms with van der Waals surface area (Å²) in [4.78, 5) is 11.7. The lowest BCUT2D eigenvalue weighted by molar-refractivity contribution is -0.117. The zero-order valence-electron chi connectivity index (χ0n) is 11.1. The number of para-hydroxylation sites is 1. The molecule has 0 unspecified atom stereocenters. The van der Waals surface area contributed by atoms with Crippen LogP contribution in [0.15, 0.2) is 47.6 Å². The van der Waals surface area contributed by atoms with Crippen molar-refractivity contribution in [3.63, 3.8) is 0 Å². The minimum atomic E-state index is -0.358. The van der Waals surface area contributed by atoms with Gasteiger partial charge in [0, 0.05) is 11.1 Å². The van der Waals surface area contributed by atoms with E-state index in [1.165, 1.54) is 7.11 Å². The molecule has 20 heavy (non-hydrogen) atoms. The summed E-state index contributed by atoms with van der Waals surface area (Å²) >= 11 is 0. The zero-order chi connectivity index (χ0) is 14.5. The Morgan fingerprint density at radius 1 is 1.50 bits per heavy atom. The number of nitrogens with two attached hydrogens (primary N) is 1. The molecule has 0 bridgehead atoms. The van der Waals surface area contributed by atoms with Gasteiger partial charge in [0.15, 0.2) is 11.5 Å². The predicted molar refractivity (Wildman–Crippen MR) is 76.8 cm³/mol. The summed E-state index contributed by atoms with van der Waals surface area (Å²) in [6.07, 6.45) is 7.76. The third-order valence-electron chi connectivity index (χ3n) is 3.04. The summed E-state index contributed by atoms with van der Waals surface area (Å²) in [6, 6.07) is 5.19. The number of methoxy groups -OCH3 is 1. The summed E-state index contributed by atoms with van der Waals surface area (Å²) in [5.41, 5.74) is 3.97. The average molecular weight is 272 g/mol. The van der Waals surface area contributed by atoms with Crippen LogP contribution in [-0.2, 0) is 4.79 Å². The Bertz CT molecular complexity index is 616. The van der Waals surface area contributed by atoms with E-state index in [0.717, 1.165) is 5.57 Å². The smallest absolute Gasteiger partial charge is 0.265 e. The van der Waals surface area contributed by atoms with Crippen LogP contribution in [0.4, 0.5) is 0 Å². The summed E-state index contributed by atoms with van der Waals surface area (Å²) in [6.45, 7) is 0. The van der Waals surface area contributed by atoms with Crippen molar-refractivity contribution in [1.82, 2.24) is 5.43 Å². The Hall–Kier alpha value is -2.53. The monoisotopic (exact) mass is 272 g/mol. The number of carbonyl (C=O) groups is 1.